The van der Waals surface area contributed by atoms with Gasteiger partial charge in [-0.15, -0.1) is 0 Å². The summed E-state index contributed by atoms with van der Waals surface area (Å²) in [5, 5.41) is 62.2. The van der Waals surface area contributed by atoms with Gasteiger partial charge in [-0.3, -0.25) is 0 Å². The van der Waals surface area contributed by atoms with Crippen LogP contribution in [-0.2, 0) is 5.41 Å². The minimum Gasteiger partial charge on any atom is -0.504 e. The quantitative estimate of drug-likeness (QED) is 0.218. The molecule has 6 nitrogen and oxygen atoms in total. The predicted molar refractivity (Wildman–Crippen MR) is 115 cm³/mol. The third kappa shape index (κ3) is 2.97. The number of aromatic hydroxyl groups is 6. The first-order valence-corrected chi connectivity index (χ1v) is 9.48. The molecule has 31 heavy (non-hydrogen) atoms. The summed E-state index contributed by atoms with van der Waals surface area (Å²) in [6, 6.07) is 23.2. The van der Waals surface area contributed by atoms with E-state index in [9.17, 15) is 30.6 Å². The molecule has 0 radical (unpaired) electrons. The maximum atomic E-state index is 10.9. The largest absolute Gasteiger partial charge is 0.504 e. The van der Waals surface area contributed by atoms with Crippen LogP contribution in [0.4, 0.5) is 0 Å². The van der Waals surface area contributed by atoms with Crippen molar-refractivity contribution in [3.8, 4) is 34.5 Å². The minimum atomic E-state index is -1.42. The molecule has 0 saturated heterocycles. The first kappa shape index (κ1) is 20.0. The Morgan fingerprint density at radius 2 is 0.742 bits per heavy atom. The highest BCUT2D eigenvalue weighted by molar-refractivity contribution is 5.71. The molecule has 6 heteroatoms. The van der Waals surface area contributed by atoms with E-state index < -0.39 is 39.9 Å². The highest BCUT2D eigenvalue weighted by Gasteiger charge is 2.44. The van der Waals surface area contributed by atoms with Gasteiger partial charge in [0.25, 0.3) is 0 Å². The van der Waals surface area contributed by atoms with Gasteiger partial charge >= 0.3 is 0 Å². The number of hydrogen-bond acceptors (Lipinski definition) is 6. The maximum absolute atomic E-state index is 10.9. The third-order valence-electron chi connectivity index (χ3n) is 5.48. The Labute approximate surface area is 178 Å². The topological polar surface area (TPSA) is 121 Å². The Kier molecular flexibility index (Phi) is 4.83. The van der Waals surface area contributed by atoms with Gasteiger partial charge in [-0.05, 0) is 35.4 Å². The van der Waals surface area contributed by atoms with Crippen LogP contribution in [0.2, 0.25) is 0 Å². The van der Waals surface area contributed by atoms with Gasteiger partial charge in [-0.25, -0.2) is 0 Å². The SMILES string of the molecule is Oc1ccc(C(c2ccccc2)(c2ccccc2)c2ccc(O)c(O)c2O)c(O)c1O. The van der Waals surface area contributed by atoms with Crippen LogP contribution >= 0.6 is 0 Å². The van der Waals surface area contributed by atoms with Crippen molar-refractivity contribution in [1.29, 1.82) is 0 Å². The van der Waals surface area contributed by atoms with Crippen LogP contribution in [0.25, 0.3) is 0 Å². The fourth-order valence-electron chi connectivity index (χ4n) is 4.05. The van der Waals surface area contributed by atoms with E-state index in [0.717, 1.165) is 0 Å². The summed E-state index contributed by atoms with van der Waals surface area (Å²) < 4.78 is 0. The lowest BCUT2D eigenvalue weighted by molar-refractivity contribution is 0.356. The van der Waals surface area contributed by atoms with Crippen LogP contribution in [0.5, 0.6) is 34.5 Å². The van der Waals surface area contributed by atoms with Gasteiger partial charge in [0.1, 0.15) is 0 Å². The molecule has 0 spiro atoms. The molecule has 0 aliphatic carbocycles. The molecule has 0 aromatic heterocycles. The number of benzene rings is 4. The van der Waals surface area contributed by atoms with Gasteiger partial charge in [-0.1, -0.05) is 60.7 Å². The van der Waals surface area contributed by atoms with Crippen LogP contribution in [0.3, 0.4) is 0 Å². The molecule has 6 N–H and O–H groups in total. The molecule has 0 bridgehead atoms. The Balaban J connectivity index is 2.25. The fourth-order valence-corrected chi connectivity index (χ4v) is 4.05. The zero-order valence-electron chi connectivity index (χ0n) is 16.3. The summed E-state index contributed by atoms with van der Waals surface area (Å²) in [5.74, 6) is -3.60. The molecule has 0 unspecified atom stereocenters. The van der Waals surface area contributed by atoms with E-state index >= 15 is 0 Å². The van der Waals surface area contributed by atoms with Crippen molar-refractivity contribution in [3.63, 3.8) is 0 Å². The maximum Gasteiger partial charge on any atom is 0.200 e. The second-order valence-electron chi connectivity index (χ2n) is 7.14. The standard InChI is InChI=1S/C25H20O6/c26-19-13-11-17(21(28)23(19)30)25(15-7-3-1-4-8-15,16-9-5-2-6-10-16)18-12-14-20(27)24(31)22(18)29/h1-14,26-31H. The van der Waals surface area contributed by atoms with Crippen molar-refractivity contribution < 1.29 is 30.6 Å². The second kappa shape index (κ2) is 7.50. The van der Waals surface area contributed by atoms with Crippen LogP contribution in [0.1, 0.15) is 22.3 Å². The van der Waals surface area contributed by atoms with Gasteiger partial charge in [0.05, 0.1) is 5.41 Å². The van der Waals surface area contributed by atoms with Crippen molar-refractivity contribution in [3.05, 3.63) is 107 Å². The molecule has 0 amide bonds. The van der Waals surface area contributed by atoms with E-state index in [2.05, 4.69) is 0 Å². The van der Waals surface area contributed by atoms with Crippen molar-refractivity contribution in [2.24, 2.45) is 0 Å². The Hall–Kier alpha value is -4.32. The molecule has 0 atom stereocenters. The van der Waals surface area contributed by atoms with E-state index in [1.807, 2.05) is 12.1 Å². The second-order valence-corrected chi connectivity index (χ2v) is 7.14. The molecule has 0 aliphatic heterocycles. The van der Waals surface area contributed by atoms with Gasteiger partial charge in [0.15, 0.2) is 23.0 Å². The first-order chi connectivity index (χ1) is 14.9. The molecule has 0 heterocycles. The van der Waals surface area contributed by atoms with E-state index in [4.69, 9.17) is 0 Å². The average molecular weight is 416 g/mol. The summed E-state index contributed by atoms with van der Waals surface area (Å²) >= 11 is 0. The van der Waals surface area contributed by atoms with Gasteiger partial charge < -0.3 is 30.6 Å². The van der Waals surface area contributed by atoms with Gasteiger partial charge in [-0.2, -0.15) is 0 Å². The minimum absolute atomic E-state index is 0.153. The van der Waals surface area contributed by atoms with Crippen LogP contribution in [0.15, 0.2) is 84.9 Å². The highest BCUT2D eigenvalue weighted by atomic mass is 16.3. The number of phenols is 6. The lowest BCUT2D eigenvalue weighted by atomic mass is 9.64. The Morgan fingerprint density at radius 3 is 1.10 bits per heavy atom. The predicted octanol–water partition coefficient (Wildman–Crippen LogP) is 4.30. The number of rotatable bonds is 4. The van der Waals surface area contributed by atoms with Crippen molar-refractivity contribution in [2.45, 2.75) is 5.41 Å². The molecule has 156 valence electrons. The summed E-state index contributed by atoms with van der Waals surface area (Å²) in [6.45, 7) is 0. The van der Waals surface area contributed by atoms with E-state index in [1.54, 1.807) is 48.5 Å². The molecular weight excluding hydrogens is 396 g/mol. The van der Waals surface area contributed by atoms with Gasteiger partial charge in [0.2, 0.25) is 11.5 Å². The molecule has 0 fully saturated rings. The molecular formula is C25H20O6. The summed E-state index contributed by atoms with van der Waals surface area (Å²) in [4.78, 5) is 0. The Bertz CT molecular complexity index is 1140. The number of phenolic OH excluding ortho intramolecular Hbond substituents is 6. The first-order valence-electron chi connectivity index (χ1n) is 9.48. The normalized spacial score (nSPS) is 11.4. The van der Waals surface area contributed by atoms with E-state index in [0.29, 0.717) is 11.1 Å². The molecule has 4 aromatic rings. The molecule has 0 aliphatic rings. The van der Waals surface area contributed by atoms with Crippen molar-refractivity contribution >= 4 is 0 Å². The average Bonchev–Trinajstić information content (AvgIpc) is 2.80. The summed E-state index contributed by atoms with van der Waals surface area (Å²) in [6.07, 6.45) is 0. The van der Waals surface area contributed by atoms with Gasteiger partial charge in [0, 0.05) is 11.1 Å². The lowest BCUT2D eigenvalue weighted by Crippen LogP contribution is -2.31. The Morgan fingerprint density at radius 1 is 0.387 bits per heavy atom. The smallest absolute Gasteiger partial charge is 0.200 e. The highest BCUT2D eigenvalue weighted by Crippen LogP contribution is 2.55. The van der Waals surface area contributed by atoms with E-state index in [1.165, 1.54) is 24.3 Å². The monoisotopic (exact) mass is 416 g/mol. The number of hydrogen-bond donors (Lipinski definition) is 6. The molecule has 0 saturated carbocycles. The fraction of sp³-hybridized carbons (Fsp3) is 0.0400. The van der Waals surface area contributed by atoms with Crippen LogP contribution in [-0.4, -0.2) is 30.6 Å². The zero-order valence-corrected chi connectivity index (χ0v) is 16.3. The summed E-state index contributed by atoms with van der Waals surface area (Å²) in [5.41, 5.74) is 0.0812. The van der Waals surface area contributed by atoms with Crippen LogP contribution < -0.4 is 0 Å². The summed E-state index contributed by atoms with van der Waals surface area (Å²) in [7, 11) is 0. The van der Waals surface area contributed by atoms with Crippen molar-refractivity contribution in [1.82, 2.24) is 0 Å². The van der Waals surface area contributed by atoms with Crippen molar-refractivity contribution in [2.75, 3.05) is 0 Å². The zero-order chi connectivity index (χ0) is 22.2. The molecule has 4 aromatic carbocycles. The lowest BCUT2D eigenvalue weighted by Gasteiger charge is -2.37. The van der Waals surface area contributed by atoms with Crippen LogP contribution in [0, 0.1) is 0 Å². The molecule has 4 rings (SSSR count). The van der Waals surface area contributed by atoms with E-state index in [-0.39, 0.29) is 11.1 Å². The third-order valence-corrected chi connectivity index (χ3v) is 5.48.